The van der Waals surface area contributed by atoms with E-state index in [0.29, 0.717) is 5.41 Å². The van der Waals surface area contributed by atoms with E-state index in [2.05, 4.69) is 27.7 Å². The Hall–Kier alpha value is 0. The van der Waals surface area contributed by atoms with Crippen molar-refractivity contribution in [3.63, 3.8) is 0 Å². The molecule has 0 spiro atoms. The Morgan fingerprint density at radius 1 is 1.29 bits per heavy atom. The van der Waals surface area contributed by atoms with Gasteiger partial charge in [-0.05, 0) is 11.8 Å². The number of hydrogen-bond acceptors (Lipinski definition) is 0. The van der Waals surface area contributed by atoms with Crippen LogP contribution in [0.2, 0.25) is 0 Å². The highest BCUT2D eigenvalue weighted by molar-refractivity contribution is 4.58. The van der Waals surface area contributed by atoms with Crippen molar-refractivity contribution in [1.29, 1.82) is 0 Å². The fourth-order valence-electron chi connectivity index (χ4n) is 0.750. The summed E-state index contributed by atoms with van der Waals surface area (Å²) in [5.74, 6) is 0. The van der Waals surface area contributed by atoms with Crippen molar-refractivity contribution in [2.75, 3.05) is 0 Å². The van der Waals surface area contributed by atoms with Crippen molar-refractivity contribution < 1.29 is 1.43 Å². The Morgan fingerprint density at radius 2 is 1.71 bits per heavy atom. The van der Waals surface area contributed by atoms with Gasteiger partial charge in [-0.2, -0.15) is 0 Å². The number of rotatable bonds is 1. The van der Waals surface area contributed by atoms with Crippen molar-refractivity contribution >= 4 is 0 Å². The highest BCUT2D eigenvalue weighted by Crippen LogP contribution is 2.19. The van der Waals surface area contributed by atoms with Crippen molar-refractivity contribution in [3.05, 3.63) is 0 Å². The van der Waals surface area contributed by atoms with Crippen LogP contribution in [0, 0.1) is 5.41 Å². The standard InChI is InChI=1S/C7H16.H2/c1-5-6-7(2,3)4;/h5-6H2,1-4H3;1H/i;1+1. The van der Waals surface area contributed by atoms with Gasteiger partial charge in [-0.1, -0.05) is 34.1 Å². The minimum Gasteiger partial charge on any atom is -0.0654 e. The molecule has 0 radical (unpaired) electrons. The van der Waals surface area contributed by atoms with Crippen molar-refractivity contribution in [2.45, 2.75) is 40.5 Å². The summed E-state index contributed by atoms with van der Waals surface area (Å²) in [6, 6.07) is 0. The Labute approximate surface area is 48.4 Å². The van der Waals surface area contributed by atoms with Gasteiger partial charge < -0.3 is 0 Å². The molecule has 0 aliphatic heterocycles. The topological polar surface area (TPSA) is 0 Å². The number of hydrogen-bond donors (Lipinski definition) is 0. The minimum atomic E-state index is 0. The fraction of sp³-hybridized carbons (Fsp3) is 1.00. The minimum absolute atomic E-state index is 0. The van der Waals surface area contributed by atoms with Crippen LogP contribution in [-0.4, -0.2) is 0 Å². The molecule has 0 atom stereocenters. The molecule has 0 aromatic rings. The van der Waals surface area contributed by atoms with E-state index in [9.17, 15) is 0 Å². The zero-order valence-corrected chi connectivity index (χ0v) is 5.91. The molecule has 0 saturated heterocycles. The maximum Gasteiger partial charge on any atom is 0 e. The molecule has 0 unspecified atom stereocenters. The second-order valence-corrected chi connectivity index (χ2v) is 3.31. The highest BCUT2D eigenvalue weighted by Gasteiger charge is 2.06. The third-order valence-corrected chi connectivity index (χ3v) is 1.000. The first kappa shape index (κ1) is 7.00. The van der Waals surface area contributed by atoms with Gasteiger partial charge in [-0.3, -0.25) is 0 Å². The first-order chi connectivity index (χ1) is 3.06. The summed E-state index contributed by atoms with van der Waals surface area (Å²) in [6.07, 6.45) is 2.65. The van der Waals surface area contributed by atoms with Crippen LogP contribution in [0.25, 0.3) is 0 Å². The van der Waals surface area contributed by atoms with Gasteiger partial charge in [0.15, 0.2) is 0 Å². The van der Waals surface area contributed by atoms with Gasteiger partial charge in [-0.25, -0.2) is 0 Å². The Balaban J connectivity index is 0. The normalized spacial score (nSPS) is 12.0. The second-order valence-electron chi connectivity index (χ2n) is 3.31. The summed E-state index contributed by atoms with van der Waals surface area (Å²) < 4.78 is 0. The van der Waals surface area contributed by atoms with Gasteiger partial charge in [0.25, 0.3) is 0 Å². The third-order valence-electron chi connectivity index (χ3n) is 1.000. The molecule has 0 N–H and O–H groups in total. The molecule has 0 saturated carbocycles. The Morgan fingerprint density at radius 3 is 1.71 bits per heavy atom. The van der Waals surface area contributed by atoms with Gasteiger partial charge >= 0.3 is 0 Å². The lowest BCUT2D eigenvalue weighted by Crippen LogP contribution is -2.02. The van der Waals surface area contributed by atoms with Gasteiger partial charge in [0.1, 0.15) is 0 Å². The molecule has 7 heavy (non-hydrogen) atoms. The SMILES string of the molecule is CCCC(C)(C)C.[2HH]. The highest BCUT2D eigenvalue weighted by atomic mass is 14.1. The van der Waals surface area contributed by atoms with Crippen LogP contribution in [-0.2, 0) is 0 Å². The van der Waals surface area contributed by atoms with E-state index in [4.69, 9.17) is 0 Å². The van der Waals surface area contributed by atoms with E-state index in [1.807, 2.05) is 0 Å². The van der Waals surface area contributed by atoms with E-state index in [-0.39, 0.29) is 1.43 Å². The van der Waals surface area contributed by atoms with E-state index >= 15 is 0 Å². The second kappa shape index (κ2) is 2.34. The molecule has 0 aromatic heterocycles. The first-order valence-corrected chi connectivity index (χ1v) is 3.06. The van der Waals surface area contributed by atoms with E-state index in [0.717, 1.165) is 0 Å². The lowest BCUT2D eigenvalue weighted by atomic mass is 9.91. The quantitative estimate of drug-likeness (QED) is 0.478. The average molecular weight is 103 g/mol. The molecule has 0 heteroatoms. The van der Waals surface area contributed by atoms with Crippen molar-refractivity contribution in [2.24, 2.45) is 5.41 Å². The first-order valence-electron chi connectivity index (χ1n) is 3.06. The zero-order chi connectivity index (χ0) is 5.91. The molecular weight excluding hydrogens is 84.1 g/mol. The molecular formula is C7H18. The Bertz CT molecular complexity index is 42.8. The van der Waals surface area contributed by atoms with Crippen LogP contribution >= 0.6 is 0 Å². The summed E-state index contributed by atoms with van der Waals surface area (Å²) in [6.45, 7) is 9.05. The summed E-state index contributed by atoms with van der Waals surface area (Å²) in [5.41, 5.74) is 0.550. The predicted octanol–water partition coefficient (Wildman–Crippen LogP) is 3.08. The fourth-order valence-corrected chi connectivity index (χ4v) is 0.750. The molecule has 0 rings (SSSR count). The van der Waals surface area contributed by atoms with Crippen LogP contribution in [0.1, 0.15) is 42.0 Å². The van der Waals surface area contributed by atoms with E-state index in [1.54, 1.807) is 0 Å². The van der Waals surface area contributed by atoms with Crippen molar-refractivity contribution in [3.8, 4) is 0 Å². The van der Waals surface area contributed by atoms with Crippen molar-refractivity contribution in [1.82, 2.24) is 0 Å². The van der Waals surface area contributed by atoms with Gasteiger partial charge in [0, 0.05) is 1.43 Å². The lowest BCUT2D eigenvalue weighted by molar-refractivity contribution is 0.373. The van der Waals surface area contributed by atoms with Crippen LogP contribution in [0.15, 0.2) is 0 Å². The maximum atomic E-state index is 2.27. The monoisotopic (exact) mass is 103 g/mol. The smallest absolute Gasteiger partial charge is 0 e. The van der Waals surface area contributed by atoms with Crippen LogP contribution in [0.3, 0.4) is 0 Å². The summed E-state index contributed by atoms with van der Waals surface area (Å²) in [4.78, 5) is 0. The van der Waals surface area contributed by atoms with E-state index in [1.165, 1.54) is 12.8 Å². The largest absolute Gasteiger partial charge is 0.0654 e. The molecule has 0 aliphatic rings. The summed E-state index contributed by atoms with van der Waals surface area (Å²) in [5, 5.41) is 0. The predicted molar refractivity (Wildman–Crippen MR) is 36.5 cm³/mol. The Kier molecular flexibility index (Phi) is 2.34. The van der Waals surface area contributed by atoms with E-state index < -0.39 is 0 Å². The lowest BCUT2D eigenvalue weighted by Gasteiger charge is -2.15. The molecule has 0 fully saturated rings. The molecule has 0 aliphatic carbocycles. The summed E-state index contributed by atoms with van der Waals surface area (Å²) in [7, 11) is 0. The molecule has 0 nitrogen and oxygen atoms in total. The third kappa shape index (κ3) is 6.00. The molecule has 0 heterocycles. The van der Waals surface area contributed by atoms with Gasteiger partial charge in [0.2, 0.25) is 0 Å². The molecule has 0 bridgehead atoms. The molecule has 0 aromatic carbocycles. The van der Waals surface area contributed by atoms with Gasteiger partial charge in [0.05, 0.1) is 0 Å². The van der Waals surface area contributed by atoms with Crippen LogP contribution in [0.4, 0.5) is 0 Å². The van der Waals surface area contributed by atoms with Crippen LogP contribution in [0.5, 0.6) is 0 Å². The zero-order valence-electron chi connectivity index (χ0n) is 5.91. The summed E-state index contributed by atoms with van der Waals surface area (Å²) >= 11 is 0. The van der Waals surface area contributed by atoms with Gasteiger partial charge in [-0.15, -0.1) is 0 Å². The van der Waals surface area contributed by atoms with Crippen LogP contribution < -0.4 is 0 Å². The molecule has 0 amide bonds. The molecule has 46 valence electrons. The maximum absolute atomic E-state index is 2.27. The average Bonchev–Trinajstić information content (AvgIpc) is 1.30.